The van der Waals surface area contributed by atoms with Crippen LogP contribution < -0.4 is 10.6 Å². The fourth-order valence-corrected chi connectivity index (χ4v) is 1.36. The van der Waals surface area contributed by atoms with Gasteiger partial charge in [0.15, 0.2) is 0 Å². The third-order valence-electron chi connectivity index (χ3n) is 2.18. The molecule has 19 heavy (non-hydrogen) atoms. The zero-order chi connectivity index (χ0) is 14.5. The molecule has 0 aliphatic carbocycles. The summed E-state index contributed by atoms with van der Waals surface area (Å²) in [5.74, 6) is 0.487. The maximum Gasteiger partial charge on any atom is 0.416 e. The first-order chi connectivity index (χ1) is 8.83. The largest absolute Gasteiger partial charge is 0.443 e. The summed E-state index contributed by atoms with van der Waals surface area (Å²) in [4.78, 5) is 17.7. The summed E-state index contributed by atoms with van der Waals surface area (Å²) in [7, 11) is 1.57. The Morgan fingerprint density at radius 3 is 2.58 bits per heavy atom. The maximum absolute atomic E-state index is 12.1. The fourth-order valence-electron chi connectivity index (χ4n) is 1.36. The summed E-state index contributed by atoms with van der Waals surface area (Å²) in [5, 5.41) is 0. The summed E-state index contributed by atoms with van der Waals surface area (Å²) in [6.07, 6.45) is 1.04. The number of methoxy groups -OCH3 is 1. The SMILES string of the molecule is COCCN(C(=O)OC(C)(C)C)c1ccc(N)cn1. The van der Waals surface area contributed by atoms with Gasteiger partial charge in [-0.2, -0.15) is 0 Å². The van der Waals surface area contributed by atoms with Gasteiger partial charge in [0.05, 0.1) is 25.0 Å². The van der Waals surface area contributed by atoms with Crippen molar-refractivity contribution >= 4 is 17.6 Å². The molecule has 0 radical (unpaired) electrons. The zero-order valence-electron chi connectivity index (χ0n) is 11.8. The van der Waals surface area contributed by atoms with Gasteiger partial charge in [-0.15, -0.1) is 0 Å². The Kier molecular flexibility index (Phi) is 5.11. The van der Waals surface area contributed by atoms with Gasteiger partial charge in [0.25, 0.3) is 0 Å². The third kappa shape index (κ3) is 5.13. The van der Waals surface area contributed by atoms with Crippen molar-refractivity contribution in [3.63, 3.8) is 0 Å². The van der Waals surface area contributed by atoms with Crippen LogP contribution >= 0.6 is 0 Å². The van der Waals surface area contributed by atoms with Crippen molar-refractivity contribution in [2.45, 2.75) is 26.4 Å². The number of rotatable bonds is 4. The van der Waals surface area contributed by atoms with Crippen LogP contribution in [0.4, 0.5) is 16.3 Å². The first kappa shape index (κ1) is 15.2. The molecule has 0 aromatic carbocycles. The predicted octanol–water partition coefficient (Wildman–Crippen LogP) is 2.05. The Morgan fingerprint density at radius 1 is 1.42 bits per heavy atom. The van der Waals surface area contributed by atoms with Crippen LogP contribution in [0.15, 0.2) is 18.3 Å². The molecular weight excluding hydrogens is 246 g/mol. The molecule has 0 saturated heterocycles. The molecule has 6 heteroatoms. The van der Waals surface area contributed by atoms with Crippen molar-refractivity contribution in [2.24, 2.45) is 0 Å². The second-order valence-electron chi connectivity index (χ2n) is 5.07. The molecule has 1 rings (SSSR count). The number of nitrogen functional groups attached to an aromatic ring is 1. The Balaban J connectivity index is 2.87. The average Bonchev–Trinajstić information content (AvgIpc) is 2.29. The fraction of sp³-hybridized carbons (Fsp3) is 0.538. The zero-order valence-corrected chi connectivity index (χ0v) is 11.8. The average molecular weight is 267 g/mol. The summed E-state index contributed by atoms with van der Waals surface area (Å²) in [5.41, 5.74) is 5.56. The first-order valence-corrected chi connectivity index (χ1v) is 6.04. The number of amides is 1. The van der Waals surface area contributed by atoms with Crippen LogP contribution in [0.2, 0.25) is 0 Å². The number of ether oxygens (including phenoxy) is 2. The van der Waals surface area contributed by atoms with Crippen LogP contribution in [0.3, 0.4) is 0 Å². The van der Waals surface area contributed by atoms with Crippen LogP contribution in [0.25, 0.3) is 0 Å². The Morgan fingerprint density at radius 2 is 2.11 bits per heavy atom. The minimum atomic E-state index is -0.559. The molecular formula is C13H21N3O3. The quantitative estimate of drug-likeness (QED) is 0.903. The van der Waals surface area contributed by atoms with Crippen LogP contribution in [-0.4, -0.2) is 36.9 Å². The molecule has 0 fully saturated rings. The highest BCUT2D eigenvalue weighted by Crippen LogP contribution is 2.16. The third-order valence-corrected chi connectivity index (χ3v) is 2.18. The lowest BCUT2D eigenvalue weighted by Crippen LogP contribution is -2.39. The highest BCUT2D eigenvalue weighted by Gasteiger charge is 2.23. The number of carbonyl (C=O) groups excluding carboxylic acids is 1. The molecule has 1 heterocycles. The van der Waals surface area contributed by atoms with Crippen molar-refractivity contribution in [3.05, 3.63) is 18.3 Å². The topological polar surface area (TPSA) is 77.7 Å². The van der Waals surface area contributed by atoms with Crippen molar-refractivity contribution in [1.82, 2.24) is 4.98 Å². The van der Waals surface area contributed by atoms with E-state index in [-0.39, 0.29) is 0 Å². The van der Waals surface area contributed by atoms with Gasteiger partial charge in [-0.05, 0) is 32.9 Å². The first-order valence-electron chi connectivity index (χ1n) is 6.04. The van der Waals surface area contributed by atoms with Crippen molar-refractivity contribution < 1.29 is 14.3 Å². The number of nitrogens with zero attached hydrogens (tertiary/aromatic N) is 2. The smallest absolute Gasteiger partial charge is 0.416 e. The summed E-state index contributed by atoms with van der Waals surface area (Å²) in [6.45, 7) is 6.20. The highest BCUT2D eigenvalue weighted by molar-refractivity contribution is 5.86. The highest BCUT2D eigenvalue weighted by atomic mass is 16.6. The van der Waals surface area contributed by atoms with Gasteiger partial charge in [0, 0.05) is 7.11 Å². The van der Waals surface area contributed by atoms with Gasteiger partial charge < -0.3 is 15.2 Å². The summed E-state index contributed by atoms with van der Waals surface area (Å²) in [6, 6.07) is 3.36. The lowest BCUT2D eigenvalue weighted by molar-refractivity contribution is 0.0568. The van der Waals surface area contributed by atoms with E-state index in [1.54, 1.807) is 19.2 Å². The Bertz CT molecular complexity index is 412. The number of pyridine rings is 1. The van der Waals surface area contributed by atoms with Gasteiger partial charge in [-0.1, -0.05) is 0 Å². The molecule has 0 spiro atoms. The summed E-state index contributed by atoms with van der Waals surface area (Å²) < 4.78 is 10.3. The molecule has 0 aliphatic heterocycles. The van der Waals surface area contributed by atoms with Gasteiger partial charge in [0.1, 0.15) is 11.4 Å². The van der Waals surface area contributed by atoms with Crippen LogP contribution in [0.5, 0.6) is 0 Å². The Hall–Kier alpha value is -1.82. The van der Waals surface area contributed by atoms with E-state index in [2.05, 4.69) is 4.98 Å². The van der Waals surface area contributed by atoms with Crippen molar-refractivity contribution in [1.29, 1.82) is 0 Å². The summed E-state index contributed by atoms with van der Waals surface area (Å²) >= 11 is 0. The molecule has 0 aliphatic rings. The molecule has 6 nitrogen and oxygen atoms in total. The second-order valence-corrected chi connectivity index (χ2v) is 5.07. The van der Waals surface area contributed by atoms with Crippen molar-refractivity contribution in [3.8, 4) is 0 Å². The number of nitrogens with two attached hydrogens (primary N) is 1. The normalized spacial score (nSPS) is 11.2. The van der Waals surface area contributed by atoms with E-state index >= 15 is 0 Å². The number of aromatic nitrogens is 1. The van der Waals surface area contributed by atoms with E-state index in [1.165, 1.54) is 11.1 Å². The Labute approximate surface area is 113 Å². The lowest BCUT2D eigenvalue weighted by atomic mass is 10.2. The van der Waals surface area contributed by atoms with E-state index in [0.717, 1.165) is 0 Å². The van der Waals surface area contributed by atoms with Crippen molar-refractivity contribution in [2.75, 3.05) is 30.9 Å². The maximum atomic E-state index is 12.1. The van der Waals surface area contributed by atoms with Gasteiger partial charge in [-0.3, -0.25) is 4.90 Å². The number of hydrogen-bond acceptors (Lipinski definition) is 5. The molecule has 1 amide bonds. The minimum absolute atomic E-state index is 0.363. The molecule has 0 bridgehead atoms. The van der Waals surface area contributed by atoms with Crippen LogP contribution in [0, 0.1) is 0 Å². The molecule has 0 atom stereocenters. The van der Waals surface area contributed by atoms with E-state index in [4.69, 9.17) is 15.2 Å². The van der Waals surface area contributed by atoms with E-state index < -0.39 is 11.7 Å². The molecule has 0 saturated carbocycles. The van der Waals surface area contributed by atoms with E-state index in [9.17, 15) is 4.79 Å². The van der Waals surface area contributed by atoms with Crippen LogP contribution in [-0.2, 0) is 9.47 Å². The van der Waals surface area contributed by atoms with E-state index in [1.807, 2.05) is 20.8 Å². The van der Waals surface area contributed by atoms with Crippen LogP contribution in [0.1, 0.15) is 20.8 Å². The molecule has 106 valence electrons. The second kappa shape index (κ2) is 6.38. The monoisotopic (exact) mass is 267 g/mol. The van der Waals surface area contributed by atoms with Gasteiger partial charge >= 0.3 is 6.09 Å². The van der Waals surface area contributed by atoms with E-state index in [0.29, 0.717) is 24.7 Å². The number of carbonyl (C=O) groups is 1. The molecule has 1 aromatic heterocycles. The molecule has 0 unspecified atom stereocenters. The predicted molar refractivity (Wildman–Crippen MR) is 74.1 cm³/mol. The van der Waals surface area contributed by atoms with Gasteiger partial charge in [0.2, 0.25) is 0 Å². The molecule has 2 N–H and O–H groups in total. The number of anilines is 2. The standard InChI is InChI=1S/C13H21N3O3/c1-13(2,3)19-12(17)16(7-8-18-4)11-6-5-10(14)9-15-11/h5-6,9H,7-8,14H2,1-4H3. The molecule has 1 aromatic rings. The number of hydrogen-bond donors (Lipinski definition) is 1. The minimum Gasteiger partial charge on any atom is -0.443 e. The lowest BCUT2D eigenvalue weighted by Gasteiger charge is -2.26. The van der Waals surface area contributed by atoms with Gasteiger partial charge in [-0.25, -0.2) is 9.78 Å².